The summed E-state index contributed by atoms with van der Waals surface area (Å²) < 4.78 is 5.80. The number of carbonyl (C=O) groups excluding carboxylic acids is 2. The SMILES string of the molecule is CCN(CC)CCCN1C(=O)C(=O)C(=C(O)c2ccc3c(c2)C[C@@H](C)O3)[C@H]1c1ccc(C(C)(C)C)cc1. The zero-order chi connectivity index (χ0) is 26.9. The summed E-state index contributed by atoms with van der Waals surface area (Å²) in [5, 5.41) is 11.5. The number of nitrogens with zero attached hydrogens (tertiary/aromatic N) is 2. The van der Waals surface area contributed by atoms with E-state index in [4.69, 9.17) is 4.74 Å². The van der Waals surface area contributed by atoms with Gasteiger partial charge >= 0.3 is 0 Å². The van der Waals surface area contributed by atoms with Crippen LogP contribution in [-0.2, 0) is 21.4 Å². The molecule has 198 valence electrons. The van der Waals surface area contributed by atoms with Gasteiger partial charge < -0.3 is 19.6 Å². The molecule has 2 aromatic carbocycles. The van der Waals surface area contributed by atoms with Crippen molar-refractivity contribution in [1.29, 1.82) is 0 Å². The molecule has 1 N–H and O–H groups in total. The van der Waals surface area contributed by atoms with Gasteiger partial charge in [-0.25, -0.2) is 0 Å². The van der Waals surface area contributed by atoms with E-state index in [0.29, 0.717) is 12.1 Å². The average molecular weight is 505 g/mol. The fraction of sp³-hybridized carbons (Fsp3) is 0.484. The molecule has 2 aromatic rings. The summed E-state index contributed by atoms with van der Waals surface area (Å²) in [5.41, 5.74) is 3.67. The molecule has 4 rings (SSSR count). The summed E-state index contributed by atoms with van der Waals surface area (Å²) in [6, 6.07) is 12.9. The van der Waals surface area contributed by atoms with E-state index in [9.17, 15) is 14.7 Å². The van der Waals surface area contributed by atoms with Gasteiger partial charge in [0.2, 0.25) is 0 Å². The number of aliphatic hydroxyl groups is 1. The first-order valence-electron chi connectivity index (χ1n) is 13.5. The van der Waals surface area contributed by atoms with Crippen molar-refractivity contribution in [2.24, 2.45) is 0 Å². The number of hydrogen-bond donors (Lipinski definition) is 1. The lowest BCUT2D eigenvalue weighted by atomic mass is 9.85. The zero-order valence-electron chi connectivity index (χ0n) is 23.0. The van der Waals surface area contributed by atoms with Crippen LogP contribution < -0.4 is 4.74 Å². The Bertz CT molecular complexity index is 1190. The quantitative estimate of drug-likeness (QED) is 0.294. The summed E-state index contributed by atoms with van der Waals surface area (Å²) in [5.74, 6) is -0.508. The first kappa shape index (κ1) is 26.9. The van der Waals surface area contributed by atoms with E-state index in [0.717, 1.165) is 49.4 Å². The predicted molar refractivity (Wildman–Crippen MR) is 147 cm³/mol. The Morgan fingerprint density at radius 2 is 1.76 bits per heavy atom. The molecule has 2 aliphatic rings. The lowest BCUT2D eigenvalue weighted by Gasteiger charge is -2.27. The monoisotopic (exact) mass is 504 g/mol. The Labute approximate surface area is 220 Å². The molecule has 0 spiro atoms. The van der Waals surface area contributed by atoms with E-state index in [2.05, 4.69) is 51.7 Å². The van der Waals surface area contributed by atoms with Gasteiger partial charge in [0, 0.05) is 18.5 Å². The van der Waals surface area contributed by atoms with Gasteiger partial charge in [-0.3, -0.25) is 9.59 Å². The van der Waals surface area contributed by atoms with E-state index >= 15 is 0 Å². The predicted octanol–water partition coefficient (Wildman–Crippen LogP) is 5.46. The van der Waals surface area contributed by atoms with Crippen LogP contribution in [0.15, 0.2) is 48.0 Å². The minimum absolute atomic E-state index is 0.0201. The van der Waals surface area contributed by atoms with Gasteiger partial charge in [0.1, 0.15) is 17.6 Å². The molecule has 2 heterocycles. The van der Waals surface area contributed by atoms with Crippen LogP contribution >= 0.6 is 0 Å². The fourth-order valence-corrected chi connectivity index (χ4v) is 5.35. The Morgan fingerprint density at radius 1 is 1.08 bits per heavy atom. The molecule has 0 unspecified atom stereocenters. The molecule has 1 saturated heterocycles. The zero-order valence-corrected chi connectivity index (χ0v) is 23.0. The highest BCUT2D eigenvalue weighted by atomic mass is 16.5. The van der Waals surface area contributed by atoms with Gasteiger partial charge in [-0.15, -0.1) is 0 Å². The maximum atomic E-state index is 13.4. The highest BCUT2D eigenvalue weighted by Gasteiger charge is 2.46. The van der Waals surface area contributed by atoms with Crippen LogP contribution in [-0.4, -0.2) is 58.9 Å². The van der Waals surface area contributed by atoms with Gasteiger partial charge in [-0.05, 0) is 73.3 Å². The molecular weight excluding hydrogens is 464 g/mol. The number of hydrogen-bond acceptors (Lipinski definition) is 5. The summed E-state index contributed by atoms with van der Waals surface area (Å²) in [6.07, 6.45) is 1.57. The van der Waals surface area contributed by atoms with Crippen molar-refractivity contribution in [2.45, 2.75) is 71.9 Å². The van der Waals surface area contributed by atoms with Crippen LogP contribution in [0.5, 0.6) is 5.75 Å². The summed E-state index contributed by atoms with van der Waals surface area (Å²) in [7, 11) is 0. The van der Waals surface area contributed by atoms with Crippen LogP contribution in [0.4, 0.5) is 0 Å². The third-order valence-corrected chi connectivity index (χ3v) is 7.57. The van der Waals surface area contributed by atoms with Crippen LogP contribution in [0.2, 0.25) is 0 Å². The summed E-state index contributed by atoms with van der Waals surface area (Å²) >= 11 is 0. The number of amides is 1. The Balaban J connectivity index is 1.75. The normalized spacial score (nSPS) is 21.0. The number of ether oxygens (including phenoxy) is 1. The molecule has 2 aliphatic heterocycles. The molecule has 0 aliphatic carbocycles. The van der Waals surface area contributed by atoms with E-state index in [1.165, 1.54) is 5.56 Å². The van der Waals surface area contributed by atoms with Crippen molar-refractivity contribution in [3.05, 3.63) is 70.3 Å². The van der Waals surface area contributed by atoms with E-state index in [1.54, 1.807) is 11.0 Å². The number of benzene rings is 2. The Morgan fingerprint density at radius 3 is 2.38 bits per heavy atom. The lowest BCUT2D eigenvalue weighted by molar-refractivity contribution is -0.140. The smallest absolute Gasteiger partial charge is 0.295 e. The Hall–Kier alpha value is -3.12. The van der Waals surface area contributed by atoms with Crippen molar-refractivity contribution < 1.29 is 19.4 Å². The molecule has 0 radical (unpaired) electrons. The van der Waals surface area contributed by atoms with Crippen LogP contribution in [0, 0.1) is 0 Å². The molecule has 2 atom stereocenters. The first-order valence-corrected chi connectivity index (χ1v) is 13.5. The number of carbonyl (C=O) groups is 2. The van der Waals surface area contributed by atoms with Gasteiger partial charge in [0.25, 0.3) is 11.7 Å². The molecule has 6 heteroatoms. The maximum Gasteiger partial charge on any atom is 0.295 e. The topological polar surface area (TPSA) is 70.1 Å². The van der Waals surface area contributed by atoms with Crippen molar-refractivity contribution >= 4 is 17.4 Å². The second-order valence-corrected chi connectivity index (χ2v) is 11.2. The molecule has 0 aromatic heterocycles. The molecule has 0 bridgehead atoms. The van der Waals surface area contributed by atoms with E-state index in [1.807, 2.05) is 31.2 Å². The van der Waals surface area contributed by atoms with Gasteiger partial charge in [-0.2, -0.15) is 0 Å². The van der Waals surface area contributed by atoms with Crippen molar-refractivity contribution in [2.75, 3.05) is 26.2 Å². The molecule has 37 heavy (non-hydrogen) atoms. The molecule has 0 saturated carbocycles. The lowest BCUT2D eigenvalue weighted by Crippen LogP contribution is -2.33. The van der Waals surface area contributed by atoms with Crippen LogP contribution in [0.3, 0.4) is 0 Å². The first-order chi connectivity index (χ1) is 17.5. The average Bonchev–Trinajstić information content (AvgIpc) is 3.36. The number of fused-ring (bicyclic) bond motifs is 1. The van der Waals surface area contributed by atoms with Crippen LogP contribution in [0.1, 0.15) is 76.3 Å². The second-order valence-electron chi connectivity index (χ2n) is 11.2. The number of aliphatic hydroxyl groups excluding tert-OH is 1. The van der Waals surface area contributed by atoms with Crippen molar-refractivity contribution in [3.8, 4) is 5.75 Å². The van der Waals surface area contributed by atoms with Gasteiger partial charge in [0.15, 0.2) is 0 Å². The second kappa shape index (κ2) is 10.7. The largest absolute Gasteiger partial charge is 0.507 e. The third-order valence-electron chi connectivity index (χ3n) is 7.57. The van der Waals surface area contributed by atoms with Gasteiger partial charge in [0.05, 0.1) is 11.6 Å². The summed E-state index contributed by atoms with van der Waals surface area (Å²) in [4.78, 5) is 30.6. The van der Waals surface area contributed by atoms with E-state index in [-0.39, 0.29) is 22.9 Å². The molecule has 1 fully saturated rings. The minimum Gasteiger partial charge on any atom is -0.507 e. The summed E-state index contributed by atoms with van der Waals surface area (Å²) in [6.45, 7) is 15.9. The number of likely N-dealkylation sites (tertiary alicyclic amines) is 1. The van der Waals surface area contributed by atoms with Crippen LogP contribution in [0.25, 0.3) is 5.76 Å². The maximum absolute atomic E-state index is 13.4. The Kier molecular flexibility index (Phi) is 7.79. The van der Waals surface area contributed by atoms with E-state index < -0.39 is 17.7 Å². The third kappa shape index (κ3) is 5.45. The van der Waals surface area contributed by atoms with Crippen molar-refractivity contribution in [3.63, 3.8) is 0 Å². The molecular formula is C31H40N2O4. The number of ketones is 1. The van der Waals surface area contributed by atoms with Gasteiger partial charge in [-0.1, -0.05) is 58.9 Å². The molecule has 6 nitrogen and oxygen atoms in total. The minimum atomic E-state index is -0.630. The highest BCUT2D eigenvalue weighted by molar-refractivity contribution is 6.46. The number of Topliss-reactive ketones (excluding diaryl/α,β-unsaturated/α-hetero) is 1. The fourth-order valence-electron chi connectivity index (χ4n) is 5.35. The van der Waals surface area contributed by atoms with Crippen molar-refractivity contribution in [1.82, 2.24) is 9.80 Å². The standard InChI is InChI=1S/C31H40N2O4/c1-7-32(8-2)16-9-17-33-27(21-10-13-24(14-11-21)31(4,5)6)26(29(35)30(33)36)28(34)22-12-15-25-23(19-22)18-20(3)37-25/h10-15,19-20,27,34H,7-9,16-18H2,1-6H3/t20-,27-/m1/s1. The number of rotatable bonds is 8. The highest BCUT2D eigenvalue weighted by Crippen LogP contribution is 2.41. The molecule has 1 amide bonds.